The van der Waals surface area contributed by atoms with Gasteiger partial charge in [-0.25, -0.2) is 9.59 Å². The molecule has 2 unspecified atom stereocenters. The fraction of sp³-hybridized carbons (Fsp3) is 0.429. The topological polar surface area (TPSA) is 67.1 Å². The van der Waals surface area contributed by atoms with Crippen LogP contribution in [-0.2, 0) is 11.8 Å². The highest BCUT2D eigenvalue weighted by atomic mass is 79.9. The van der Waals surface area contributed by atoms with Crippen molar-refractivity contribution in [1.82, 2.24) is 9.13 Å². The average molecular weight is 354 g/mol. The fourth-order valence-electron chi connectivity index (χ4n) is 3.07. The molecule has 2 atom stereocenters. The van der Waals surface area contributed by atoms with E-state index in [1.807, 2.05) is 12.1 Å². The third-order valence-corrected chi connectivity index (χ3v) is 4.82. The minimum atomic E-state index is -0.915. The third kappa shape index (κ3) is 2.07. The molecule has 1 aliphatic rings. The number of carbonyl (C=O) groups is 1. The Morgan fingerprint density at radius 2 is 2.10 bits per heavy atom. The van der Waals surface area contributed by atoms with Gasteiger partial charge >= 0.3 is 11.6 Å². The maximum absolute atomic E-state index is 12.5. The lowest BCUT2D eigenvalue weighted by Gasteiger charge is -2.41. The van der Waals surface area contributed by atoms with E-state index < -0.39 is 16.6 Å². The molecule has 1 amide bonds. The Kier molecular flexibility index (Phi) is 3.31. The molecule has 0 spiro atoms. The summed E-state index contributed by atoms with van der Waals surface area (Å²) in [7, 11) is 3.03. The second-order valence-corrected chi connectivity index (χ2v) is 6.49. The normalized spacial score (nSPS) is 26.5. The predicted octanol–water partition coefficient (Wildman–Crippen LogP) is 1.91. The van der Waals surface area contributed by atoms with Crippen molar-refractivity contribution in [1.29, 1.82) is 0 Å². The highest BCUT2D eigenvalue weighted by molar-refractivity contribution is 9.10. The van der Waals surface area contributed by atoms with Gasteiger partial charge in [-0.05, 0) is 40.9 Å². The Bertz CT molecular complexity index is 791. The van der Waals surface area contributed by atoms with Crippen LogP contribution < -0.4 is 5.69 Å². The van der Waals surface area contributed by atoms with Gasteiger partial charge in [0.2, 0.25) is 0 Å². The minimum absolute atomic E-state index is 0.267. The monoisotopic (exact) mass is 353 g/mol. The van der Waals surface area contributed by atoms with E-state index >= 15 is 0 Å². The molecule has 0 aliphatic carbocycles. The quantitative estimate of drug-likeness (QED) is 0.580. The van der Waals surface area contributed by atoms with E-state index in [2.05, 4.69) is 15.9 Å². The molecule has 21 heavy (non-hydrogen) atoms. The summed E-state index contributed by atoms with van der Waals surface area (Å²) in [5.41, 5.74) is 1.15. The van der Waals surface area contributed by atoms with Crippen LogP contribution in [0.5, 0.6) is 0 Å². The lowest BCUT2D eigenvalue weighted by Crippen LogP contribution is -2.52. The van der Waals surface area contributed by atoms with Gasteiger partial charge in [0.15, 0.2) is 6.04 Å². The van der Waals surface area contributed by atoms with Gasteiger partial charge in [-0.3, -0.25) is 13.8 Å². The van der Waals surface area contributed by atoms with Crippen LogP contribution in [0.3, 0.4) is 0 Å². The van der Waals surface area contributed by atoms with Crippen molar-refractivity contribution in [3.05, 3.63) is 38.4 Å². The fourth-order valence-corrected chi connectivity index (χ4v) is 3.69. The number of fused-ring (bicyclic) bond motifs is 1. The van der Waals surface area contributed by atoms with E-state index in [4.69, 9.17) is 0 Å². The molecule has 2 heterocycles. The number of halogens is 1. The van der Waals surface area contributed by atoms with Gasteiger partial charge < -0.3 is 5.21 Å². The number of aryl methyl sites for hydroxylation is 1. The molecule has 1 saturated heterocycles. The van der Waals surface area contributed by atoms with Crippen molar-refractivity contribution >= 4 is 32.9 Å². The van der Waals surface area contributed by atoms with Crippen LogP contribution in [0.2, 0.25) is 0 Å². The molecule has 6 nitrogen and oxygen atoms in total. The number of quaternary nitrogens is 1. The SMILES string of the molecule is Cn1c(=O)n(C2CCC[N+](C)([O-])C2=O)c2cccc(Br)c21. The zero-order chi connectivity index (χ0) is 15.4. The van der Waals surface area contributed by atoms with Gasteiger partial charge in [0.1, 0.15) is 0 Å². The van der Waals surface area contributed by atoms with Crippen LogP contribution >= 0.6 is 15.9 Å². The second kappa shape index (κ2) is 4.79. The smallest absolute Gasteiger partial charge is 0.336 e. The molecular weight excluding hydrogens is 338 g/mol. The van der Waals surface area contributed by atoms with E-state index in [0.717, 1.165) is 9.99 Å². The molecule has 0 bridgehead atoms. The zero-order valence-corrected chi connectivity index (χ0v) is 13.5. The highest BCUT2D eigenvalue weighted by Crippen LogP contribution is 2.30. The number of nitrogens with zero attached hydrogens (tertiary/aromatic N) is 3. The number of aromatic nitrogens is 2. The first-order valence-electron chi connectivity index (χ1n) is 6.81. The first-order chi connectivity index (χ1) is 9.84. The molecule has 2 aromatic rings. The Hall–Kier alpha value is -1.44. The summed E-state index contributed by atoms with van der Waals surface area (Å²) in [6.07, 6.45) is 1.16. The number of likely N-dealkylation sites (N-methyl/N-ethyl adjacent to an activating group) is 1. The van der Waals surface area contributed by atoms with Gasteiger partial charge in [0, 0.05) is 11.5 Å². The Balaban J connectivity index is 2.26. The van der Waals surface area contributed by atoms with Crippen molar-refractivity contribution in [2.24, 2.45) is 7.05 Å². The maximum atomic E-state index is 12.5. The molecule has 112 valence electrons. The largest absolute Gasteiger partial charge is 0.625 e. The van der Waals surface area contributed by atoms with Crippen LogP contribution in [0.15, 0.2) is 27.5 Å². The van der Waals surface area contributed by atoms with E-state index in [-0.39, 0.29) is 12.2 Å². The first-order valence-corrected chi connectivity index (χ1v) is 7.60. The molecule has 1 aromatic heterocycles. The van der Waals surface area contributed by atoms with Crippen molar-refractivity contribution in [3.8, 4) is 0 Å². The number of imidazole rings is 1. The lowest BCUT2D eigenvalue weighted by atomic mass is 10.0. The first kappa shape index (κ1) is 14.5. The summed E-state index contributed by atoms with van der Waals surface area (Å²) in [6.45, 7) is 0.276. The Morgan fingerprint density at radius 3 is 2.81 bits per heavy atom. The van der Waals surface area contributed by atoms with Crippen molar-refractivity contribution in [3.63, 3.8) is 0 Å². The Morgan fingerprint density at radius 1 is 1.38 bits per heavy atom. The summed E-state index contributed by atoms with van der Waals surface area (Å²) >= 11 is 3.43. The molecule has 3 rings (SSSR count). The van der Waals surface area contributed by atoms with Crippen LogP contribution in [0.25, 0.3) is 11.0 Å². The van der Waals surface area contributed by atoms with Crippen molar-refractivity contribution < 1.29 is 9.44 Å². The number of likely N-dealkylation sites (tertiary alicyclic amines) is 1. The van der Waals surface area contributed by atoms with Crippen LogP contribution in [0.4, 0.5) is 0 Å². The molecule has 1 aromatic carbocycles. The molecule has 0 N–H and O–H groups in total. The summed E-state index contributed by atoms with van der Waals surface area (Å²) in [4.78, 5) is 25.0. The van der Waals surface area contributed by atoms with E-state index in [1.165, 1.54) is 16.2 Å². The number of amides is 1. The number of carbonyl (C=O) groups excluding carboxylic acids is 1. The van der Waals surface area contributed by atoms with Crippen LogP contribution in [-0.4, -0.2) is 33.3 Å². The van der Waals surface area contributed by atoms with Crippen molar-refractivity contribution in [2.75, 3.05) is 13.6 Å². The number of hydrogen-bond donors (Lipinski definition) is 0. The molecule has 0 radical (unpaired) electrons. The number of piperidine rings is 1. The zero-order valence-electron chi connectivity index (χ0n) is 11.9. The summed E-state index contributed by atoms with van der Waals surface area (Å²) in [5.74, 6) is -0.448. The number of rotatable bonds is 1. The maximum Gasteiger partial charge on any atom is 0.336 e. The number of hydroxylamine groups is 3. The molecule has 1 fully saturated rings. The molecule has 7 heteroatoms. The molecule has 1 aliphatic heterocycles. The summed E-state index contributed by atoms with van der Waals surface area (Å²) in [6, 6.07) is 4.79. The van der Waals surface area contributed by atoms with Gasteiger partial charge in [0.25, 0.3) is 0 Å². The second-order valence-electron chi connectivity index (χ2n) is 5.64. The van der Waals surface area contributed by atoms with E-state index in [9.17, 15) is 14.8 Å². The molecule has 0 saturated carbocycles. The van der Waals surface area contributed by atoms with Gasteiger partial charge in [-0.1, -0.05) is 6.07 Å². The molecular formula is C14H16BrN3O3. The van der Waals surface area contributed by atoms with Crippen LogP contribution in [0, 0.1) is 5.21 Å². The third-order valence-electron chi connectivity index (χ3n) is 4.18. The Labute approximate surface area is 129 Å². The van der Waals surface area contributed by atoms with Gasteiger partial charge in [0.05, 0.1) is 24.6 Å². The lowest BCUT2D eigenvalue weighted by molar-refractivity contribution is -0.788. The van der Waals surface area contributed by atoms with E-state index in [1.54, 1.807) is 13.1 Å². The number of benzene rings is 1. The number of hydrogen-bond acceptors (Lipinski definition) is 3. The van der Waals surface area contributed by atoms with Gasteiger partial charge in [-0.15, -0.1) is 0 Å². The standard InChI is InChI=1S/C14H16BrN3O3/c1-16-12-9(15)5-3-6-10(12)17(14(16)20)11-7-4-8-18(2,21)13(11)19/h3,5-6,11H,4,7-8H2,1-2H3. The summed E-state index contributed by atoms with van der Waals surface area (Å²) in [5, 5.41) is 12.2. The summed E-state index contributed by atoms with van der Waals surface area (Å²) < 4.78 is 2.86. The minimum Gasteiger partial charge on any atom is -0.625 e. The average Bonchev–Trinajstić information content (AvgIpc) is 2.67. The van der Waals surface area contributed by atoms with Crippen LogP contribution in [0.1, 0.15) is 18.9 Å². The van der Waals surface area contributed by atoms with E-state index in [0.29, 0.717) is 18.4 Å². The predicted molar refractivity (Wildman–Crippen MR) is 82.6 cm³/mol. The number of para-hydroxylation sites is 1. The van der Waals surface area contributed by atoms with Crippen molar-refractivity contribution in [2.45, 2.75) is 18.9 Å². The van der Waals surface area contributed by atoms with Gasteiger partial charge in [-0.2, -0.15) is 0 Å². The highest BCUT2D eigenvalue weighted by Gasteiger charge is 2.38.